The second kappa shape index (κ2) is 4.93. The van der Waals surface area contributed by atoms with Gasteiger partial charge < -0.3 is 5.32 Å². The number of halogens is 1. The number of sulfonamides is 1. The van der Waals surface area contributed by atoms with Crippen LogP contribution in [0.15, 0.2) is 27.5 Å². The quantitative estimate of drug-likeness (QED) is 0.904. The molecule has 1 aliphatic rings. The molecule has 0 aliphatic carbocycles. The maximum atomic E-state index is 13.1. The molecule has 102 valence electrons. The second-order valence-corrected chi connectivity index (χ2v) is 6.91. The van der Waals surface area contributed by atoms with E-state index in [0.29, 0.717) is 0 Å². The Morgan fingerprint density at radius 2 is 2.16 bits per heavy atom. The fourth-order valence-corrected chi connectivity index (χ4v) is 3.57. The number of benzene rings is 1. The van der Waals surface area contributed by atoms with E-state index in [0.717, 1.165) is 23.9 Å². The van der Waals surface area contributed by atoms with Gasteiger partial charge in [-0.05, 0) is 32.0 Å². The first-order valence-electron chi connectivity index (χ1n) is 5.38. The van der Waals surface area contributed by atoms with Gasteiger partial charge in [-0.15, -0.1) is 4.40 Å². The van der Waals surface area contributed by atoms with Crippen LogP contribution in [0.4, 0.5) is 10.1 Å². The molecule has 0 saturated heterocycles. The summed E-state index contributed by atoms with van der Waals surface area (Å²) in [5, 5.41) is 2.48. The molecule has 0 spiro atoms. The van der Waals surface area contributed by atoms with Gasteiger partial charge in [-0.3, -0.25) is 4.79 Å². The molecule has 0 saturated carbocycles. The number of rotatable bonds is 2. The molecule has 5 nitrogen and oxygen atoms in total. The number of carbonyl (C=O) groups is 1. The molecule has 0 amide bonds. The third kappa shape index (κ3) is 2.95. The molecule has 1 heterocycles. The monoisotopic (exact) mass is 302 g/mol. The first kappa shape index (κ1) is 14.0. The summed E-state index contributed by atoms with van der Waals surface area (Å²) in [5.41, 5.74) is 0.259. The van der Waals surface area contributed by atoms with Gasteiger partial charge in [0.1, 0.15) is 16.5 Å². The van der Waals surface area contributed by atoms with Gasteiger partial charge in [-0.2, -0.15) is 8.42 Å². The Hall–Kier alpha value is -1.41. The van der Waals surface area contributed by atoms with Crippen molar-refractivity contribution < 1.29 is 17.6 Å². The van der Waals surface area contributed by atoms with Crippen molar-refractivity contribution in [1.82, 2.24) is 0 Å². The molecule has 8 heteroatoms. The molecular weight excluding hydrogens is 291 g/mol. The van der Waals surface area contributed by atoms with E-state index < -0.39 is 21.1 Å². The van der Waals surface area contributed by atoms with Crippen LogP contribution in [0, 0.1) is 5.82 Å². The van der Waals surface area contributed by atoms with Crippen molar-refractivity contribution in [3.8, 4) is 0 Å². The highest BCUT2D eigenvalue weighted by Gasteiger charge is 2.27. The lowest BCUT2D eigenvalue weighted by Gasteiger charge is -2.18. The lowest BCUT2D eigenvalue weighted by molar-refractivity contribution is -0.116. The molecule has 1 aromatic rings. The molecule has 1 aromatic carbocycles. The van der Waals surface area contributed by atoms with Crippen LogP contribution in [-0.4, -0.2) is 24.6 Å². The molecule has 0 fully saturated rings. The summed E-state index contributed by atoms with van der Waals surface area (Å²) in [4.78, 5) is 11.0. The van der Waals surface area contributed by atoms with Crippen molar-refractivity contribution >= 4 is 38.4 Å². The van der Waals surface area contributed by atoms with Crippen LogP contribution in [-0.2, 0) is 14.8 Å². The fraction of sp³-hybridized carbons (Fsp3) is 0.273. The lowest BCUT2D eigenvalue weighted by Crippen LogP contribution is -2.22. The number of nitrogens with zero attached hydrogens (tertiary/aromatic N) is 1. The van der Waals surface area contributed by atoms with Gasteiger partial charge >= 0.3 is 0 Å². The van der Waals surface area contributed by atoms with Crippen LogP contribution in [0.3, 0.4) is 0 Å². The number of hydrogen-bond donors (Lipinski definition) is 1. The van der Waals surface area contributed by atoms with Gasteiger partial charge in [0.2, 0.25) is 0 Å². The zero-order valence-corrected chi connectivity index (χ0v) is 11.8. The predicted molar refractivity (Wildman–Crippen MR) is 72.4 cm³/mol. The largest absolute Gasteiger partial charge is 0.333 e. The third-order valence-electron chi connectivity index (χ3n) is 2.53. The minimum absolute atomic E-state index is 0.0863. The second-order valence-electron chi connectivity index (χ2n) is 4.01. The molecule has 0 radical (unpaired) electrons. The summed E-state index contributed by atoms with van der Waals surface area (Å²) >= 11 is 1.02. The van der Waals surface area contributed by atoms with Crippen LogP contribution >= 0.6 is 11.8 Å². The Kier molecular flexibility index (Phi) is 3.64. The number of carbonyl (C=O) groups excluding carboxylic acids is 1. The molecule has 2 rings (SSSR count). The minimum atomic E-state index is -3.93. The first-order chi connectivity index (χ1) is 8.79. The Labute approximate surface area is 114 Å². The Morgan fingerprint density at radius 3 is 2.79 bits per heavy atom. The number of anilines is 1. The van der Waals surface area contributed by atoms with E-state index in [-0.39, 0.29) is 21.5 Å². The van der Waals surface area contributed by atoms with E-state index in [1.54, 1.807) is 6.92 Å². The van der Waals surface area contributed by atoms with Crippen molar-refractivity contribution in [2.75, 3.05) is 5.32 Å². The van der Waals surface area contributed by atoms with Crippen molar-refractivity contribution in [2.45, 2.75) is 24.0 Å². The molecule has 1 N–H and O–H groups in total. The SMILES string of the molecule is CC(=O)C(C)SC1=NS(=O)(=O)c2cc(F)ccc2N1. The molecule has 0 aromatic heterocycles. The van der Waals surface area contributed by atoms with Crippen molar-refractivity contribution in [3.05, 3.63) is 24.0 Å². The van der Waals surface area contributed by atoms with Gasteiger partial charge in [-0.1, -0.05) is 11.8 Å². The van der Waals surface area contributed by atoms with Gasteiger partial charge in [0.15, 0.2) is 5.17 Å². The minimum Gasteiger partial charge on any atom is -0.333 e. The highest BCUT2D eigenvalue weighted by molar-refractivity contribution is 8.15. The normalized spacial score (nSPS) is 17.9. The summed E-state index contributed by atoms with van der Waals surface area (Å²) in [6.45, 7) is 3.07. The summed E-state index contributed by atoms with van der Waals surface area (Å²) in [6, 6.07) is 3.40. The molecule has 0 bridgehead atoms. The van der Waals surface area contributed by atoms with E-state index >= 15 is 0 Å². The van der Waals surface area contributed by atoms with Gasteiger partial charge in [0, 0.05) is 0 Å². The number of hydrogen-bond acceptors (Lipinski definition) is 5. The number of fused-ring (bicyclic) bond motifs is 1. The highest BCUT2D eigenvalue weighted by Crippen LogP contribution is 2.31. The first-order valence-corrected chi connectivity index (χ1v) is 7.70. The average molecular weight is 302 g/mol. The van der Waals surface area contributed by atoms with E-state index in [1.807, 2.05) is 0 Å². The van der Waals surface area contributed by atoms with Crippen LogP contribution in [0.2, 0.25) is 0 Å². The summed E-state index contributed by atoms with van der Waals surface area (Å²) < 4.78 is 40.4. The predicted octanol–water partition coefficient (Wildman–Crippen LogP) is 2.01. The molecular formula is C11H11FN2O3S2. The topological polar surface area (TPSA) is 75.6 Å². The standard InChI is InChI=1S/C11H11FN2O3S2/c1-6(15)7(2)18-11-13-9-4-3-8(12)5-10(9)19(16,17)14-11/h3-5,7H,1-2H3,(H,13,14). The number of thioether (sulfide) groups is 1. The van der Waals surface area contributed by atoms with Crippen LogP contribution in [0.25, 0.3) is 0 Å². The maximum Gasteiger partial charge on any atom is 0.286 e. The third-order valence-corrected chi connectivity index (χ3v) is 5.06. The van der Waals surface area contributed by atoms with Crippen LogP contribution < -0.4 is 5.32 Å². The molecule has 19 heavy (non-hydrogen) atoms. The number of Topliss-reactive ketones (excluding diaryl/α,β-unsaturated/α-hetero) is 1. The summed E-state index contributed by atoms with van der Waals surface area (Å²) in [6.07, 6.45) is 0. The van der Waals surface area contributed by atoms with Gasteiger partial charge in [0.05, 0.1) is 10.9 Å². The van der Waals surface area contributed by atoms with E-state index in [9.17, 15) is 17.6 Å². The van der Waals surface area contributed by atoms with Gasteiger partial charge in [0.25, 0.3) is 10.0 Å². The van der Waals surface area contributed by atoms with Crippen LogP contribution in [0.5, 0.6) is 0 Å². The zero-order valence-electron chi connectivity index (χ0n) is 10.2. The molecule has 1 unspecified atom stereocenters. The van der Waals surface area contributed by atoms with E-state index in [2.05, 4.69) is 9.71 Å². The maximum absolute atomic E-state index is 13.1. The van der Waals surface area contributed by atoms with Gasteiger partial charge in [-0.25, -0.2) is 4.39 Å². The Bertz CT molecular complexity index is 671. The molecule has 1 aliphatic heterocycles. The van der Waals surface area contributed by atoms with E-state index in [1.165, 1.54) is 13.0 Å². The summed E-state index contributed by atoms with van der Waals surface area (Å²) in [7, 11) is -3.93. The molecule has 1 atom stereocenters. The Balaban J connectivity index is 2.37. The number of nitrogens with one attached hydrogen (secondary N) is 1. The van der Waals surface area contributed by atoms with Crippen LogP contribution in [0.1, 0.15) is 13.8 Å². The average Bonchev–Trinajstić information content (AvgIpc) is 2.29. The van der Waals surface area contributed by atoms with Crippen molar-refractivity contribution in [1.29, 1.82) is 0 Å². The fourth-order valence-electron chi connectivity index (χ4n) is 1.41. The number of ketones is 1. The van der Waals surface area contributed by atoms with Crippen molar-refractivity contribution in [2.24, 2.45) is 4.40 Å². The van der Waals surface area contributed by atoms with E-state index in [4.69, 9.17) is 0 Å². The lowest BCUT2D eigenvalue weighted by atomic mass is 10.3. The zero-order chi connectivity index (χ0) is 14.2. The summed E-state index contributed by atoms with van der Waals surface area (Å²) in [5.74, 6) is -0.732. The Morgan fingerprint density at radius 1 is 1.47 bits per heavy atom. The number of amidine groups is 1. The van der Waals surface area contributed by atoms with Crippen molar-refractivity contribution in [3.63, 3.8) is 0 Å². The smallest absolute Gasteiger partial charge is 0.286 e. The highest BCUT2D eigenvalue weighted by atomic mass is 32.2.